The van der Waals surface area contributed by atoms with Gasteiger partial charge in [0, 0.05) is 22.9 Å². The number of thioether (sulfide) groups is 1. The van der Waals surface area contributed by atoms with Gasteiger partial charge in [0.05, 0.1) is 0 Å². The Morgan fingerprint density at radius 1 is 1.55 bits per heavy atom. The van der Waals surface area contributed by atoms with E-state index in [9.17, 15) is 8.42 Å². The molecule has 0 radical (unpaired) electrons. The van der Waals surface area contributed by atoms with Crippen molar-refractivity contribution in [2.75, 3.05) is 12.0 Å². The standard InChI is InChI=1S/C11H16N4O2S3/c1-18-8-4-2-3-7(8)14-20(16,17)10-9(12)13-11-15(10)5-6-19-11/h5-8,14H,2-4,12H2,1H3. The van der Waals surface area contributed by atoms with Gasteiger partial charge in [-0.1, -0.05) is 6.42 Å². The minimum atomic E-state index is -3.65. The molecule has 1 saturated carbocycles. The van der Waals surface area contributed by atoms with Gasteiger partial charge in [-0.2, -0.15) is 11.8 Å². The summed E-state index contributed by atoms with van der Waals surface area (Å²) in [5, 5.41) is 2.18. The van der Waals surface area contributed by atoms with Crippen LogP contribution in [0.3, 0.4) is 0 Å². The molecule has 1 fully saturated rings. The molecule has 2 aromatic heterocycles. The van der Waals surface area contributed by atoms with Gasteiger partial charge in [0.2, 0.25) is 0 Å². The number of nitrogens with zero attached hydrogens (tertiary/aromatic N) is 2. The summed E-state index contributed by atoms with van der Waals surface area (Å²) < 4.78 is 29.5. The molecule has 3 rings (SSSR count). The van der Waals surface area contributed by atoms with Crippen molar-refractivity contribution in [2.24, 2.45) is 0 Å². The van der Waals surface area contributed by atoms with E-state index >= 15 is 0 Å². The molecule has 2 unspecified atom stereocenters. The van der Waals surface area contributed by atoms with Gasteiger partial charge in [-0.25, -0.2) is 18.1 Å². The van der Waals surface area contributed by atoms with Crippen LogP contribution in [0.4, 0.5) is 5.82 Å². The Labute approximate surface area is 125 Å². The third-order valence-corrected chi connectivity index (χ3v) is 7.01. The topological polar surface area (TPSA) is 89.5 Å². The van der Waals surface area contributed by atoms with Gasteiger partial charge >= 0.3 is 0 Å². The summed E-state index contributed by atoms with van der Waals surface area (Å²) in [6.07, 6.45) is 6.66. The molecule has 0 bridgehead atoms. The van der Waals surface area contributed by atoms with Crippen LogP contribution in [0.1, 0.15) is 19.3 Å². The maximum atomic E-state index is 12.6. The number of anilines is 1. The van der Waals surface area contributed by atoms with E-state index in [4.69, 9.17) is 5.73 Å². The lowest BCUT2D eigenvalue weighted by Crippen LogP contribution is -2.39. The average molecular weight is 332 g/mol. The van der Waals surface area contributed by atoms with Gasteiger partial charge in [0.1, 0.15) is 0 Å². The molecule has 1 aliphatic carbocycles. The molecule has 20 heavy (non-hydrogen) atoms. The number of hydrogen-bond donors (Lipinski definition) is 2. The maximum absolute atomic E-state index is 12.6. The zero-order valence-corrected chi connectivity index (χ0v) is 13.4. The number of rotatable bonds is 4. The number of nitrogens with two attached hydrogens (primary N) is 1. The Balaban J connectivity index is 1.95. The van der Waals surface area contributed by atoms with E-state index in [-0.39, 0.29) is 16.9 Å². The number of thiazole rings is 1. The lowest BCUT2D eigenvalue weighted by atomic mass is 10.3. The number of fused-ring (bicyclic) bond motifs is 1. The Kier molecular flexibility index (Phi) is 3.69. The summed E-state index contributed by atoms with van der Waals surface area (Å²) >= 11 is 3.07. The maximum Gasteiger partial charge on any atom is 0.260 e. The molecule has 9 heteroatoms. The monoisotopic (exact) mass is 332 g/mol. The second-order valence-electron chi connectivity index (χ2n) is 4.79. The summed E-state index contributed by atoms with van der Waals surface area (Å²) in [4.78, 5) is 4.68. The Morgan fingerprint density at radius 2 is 2.35 bits per heavy atom. The second kappa shape index (κ2) is 5.21. The van der Waals surface area contributed by atoms with E-state index in [1.807, 2.05) is 6.26 Å². The van der Waals surface area contributed by atoms with E-state index in [2.05, 4.69) is 9.71 Å². The predicted octanol–water partition coefficient (Wildman–Crippen LogP) is 1.54. The lowest BCUT2D eigenvalue weighted by Gasteiger charge is -2.18. The van der Waals surface area contributed by atoms with Crippen LogP contribution in [0.5, 0.6) is 0 Å². The Morgan fingerprint density at radius 3 is 3.10 bits per heavy atom. The normalized spacial score (nSPS) is 23.6. The predicted molar refractivity (Wildman–Crippen MR) is 82.7 cm³/mol. The van der Waals surface area contributed by atoms with Crippen molar-refractivity contribution in [3.05, 3.63) is 11.6 Å². The number of nitrogens with one attached hydrogen (secondary N) is 1. The van der Waals surface area contributed by atoms with Crippen molar-refractivity contribution < 1.29 is 8.42 Å². The highest BCUT2D eigenvalue weighted by Crippen LogP contribution is 2.30. The minimum Gasteiger partial charge on any atom is -0.381 e. The van der Waals surface area contributed by atoms with Crippen LogP contribution < -0.4 is 10.5 Å². The highest BCUT2D eigenvalue weighted by molar-refractivity contribution is 7.99. The molecule has 0 aromatic carbocycles. The molecular formula is C11H16N4O2S3. The molecule has 2 aromatic rings. The first-order valence-corrected chi connectivity index (χ1v) is 9.94. The molecule has 6 nitrogen and oxygen atoms in total. The Bertz CT molecular complexity index is 721. The van der Waals surface area contributed by atoms with Crippen molar-refractivity contribution in [2.45, 2.75) is 35.6 Å². The van der Waals surface area contributed by atoms with Gasteiger partial charge in [0.15, 0.2) is 15.8 Å². The Hall–Kier alpha value is -0.770. The van der Waals surface area contributed by atoms with Crippen molar-refractivity contribution >= 4 is 43.9 Å². The summed E-state index contributed by atoms with van der Waals surface area (Å²) in [6, 6.07) is -0.0291. The molecule has 110 valence electrons. The number of imidazole rings is 1. The van der Waals surface area contributed by atoms with Crippen LogP contribution in [-0.2, 0) is 10.0 Å². The SMILES string of the molecule is CSC1CCCC1NS(=O)(=O)c1c(N)nc2sccn12. The fourth-order valence-electron chi connectivity index (χ4n) is 2.65. The van der Waals surface area contributed by atoms with Crippen molar-refractivity contribution in [1.29, 1.82) is 0 Å². The number of hydrogen-bond acceptors (Lipinski definition) is 6. The third-order valence-electron chi connectivity index (χ3n) is 3.56. The quantitative estimate of drug-likeness (QED) is 0.886. The summed E-state index contributed by atoms with van der Waals surface area (Å²) in [6.45, 7) is 0. The van der Waals surface area contributed by atoms with Gasteiger partial charge < -0.3 is 5.73 Å². The lowest BCUT2D eigenvalue weighted by molar-refractivity contribution is 0.551. The van der Waals surface area contributed by atoms with Gasteiger partial charge in [-0.3, -0.25) is 4.40 Å². The summed E-state index contributed by atoms with van der Waals surface area (Å²) in [5.41, 5.74) is 5.78. The van der Waals surface area contributed by atoms with Crippen LogP contribution in [0, 0.1) is 0 Å². The van der Waals surface area contributed by atoms with Crippen molar-refractivity contribution in [1.82, 2.24) is 14.1 Å². The van der Waals surface area contributed by atoms with E-state index in [0.717, 1.165) is 19.3 Å². The van der Waals surface area contributed by atoms with Crippen LogP contribution in [-0.4, -0.2) is 35.4 Å². The first-order chi connectivity index (χ1) is 9.53. The number of nitrogen functional groups attached to an aromatic ring is 1. The van der Waals surface area contributed by atoms with Crippen LogP contribution >= 0.6 is 23.1 Å². The van der Waals surface area contributed by atoms with Crippen molar-refractivity contribution in [3.8, 4) is 0 Å². The van der Waals surface area contributed by atoms with E-state index < -0.39 is 10.0 Å². The molecule has 0 amide bonds. The number of aromatic nitrogens is 2. The average Bonchev–Trinajstić information content (AvgIpc) is 3.03. The van der Waals surface area contributed by atoms with Gasteiger partial charge in [-0.15, -0.1) is 11.3 Å². The molecule has 2 atom stereocenters. The van der Waals surface area contributed by atoms with Crippen LogP contribution in [0.25, 0.3) is 4.96 Å². The highest BCUT2D eigenvalue weighted by Gasteiger charge is 2.33. The van der Waals surface area contributed by atoms with Gasteiger partial charge in [-0.05, 0) is 19.1 Å². The fraction of sp³-hybridized carbons (Fsp3) is 0.545. The molecule has 0 aliphatic heterocycles. The van der Waals surface area contributed by atoms with Crippen LogP contribution in [0.15, 0.2) is 16.6 Å². The zero-order valence-electron chi connectivity index (χ0n) is 10.9. The van der Waals surface area contributed by atoms with Gasteiger partial charge in [0.25, 0.3) is 10.0 Å². The summed E-state index contributed by atoms with van der Waals surface area (Å²) in [5.74, 6) is 0.0584. The smallest absolute Gasteiger partial charge is 0.260 e. The fourth-order valence-corrected chi connectivity index (χ4v) is 5.97. The number of sulfonamides is 1. The summed E-state index contributed by atoms with van der Waals surface area (Å²) in [7, 11) is -3.65. The largest absolute Gasteiger partial charge is 0.381 e. The zero-order chi connectivity index (χ0) is 14.3. The third kappa shape index (κ3) is 2.32. The second-order valence-corrected chi connectivity index (χ2v) is 8.37. The molecule has 2 heterocycles. The van der Waals surface area contributed by atoms with Crippen molar-refractivity contribution in [3.63, 3.8) is 0 Å². The van der Waals surface area contributed by atoms with E-state index in [1.165, 1.54) is 15.7 Å². The van der Waals surface area contributed by atoms with E-state index in [1.54, 1.807) is 23.3 Å². The van der Waals surface area contributed by atoms with Crippen LogP contribution in [0.2, 0.25) is 0 Å². The van der Waals surface area contributed by atoms with E-state index in [0.29, 0.717) is 10.2 Å². The molecular weight excluding hydrogens is 316 g/mol. The molecule has 0 saturated heterocycles. The minimum absolute atomic E-state index is 0.0291. The molecule has 3 N–H and O–H groups in total. The first kappa shape index (κ1) is 14.2. The highest BCUT2D eigenvalue weighted by atomic mass is 32.2. The first-order valence-electron chi connectivity index (χ1n) is 6.29. The molecule has 1 aliphatic rings. The molecule has 0 spiro atoms.